The molecule has 0 bridgehead atoms. The summed E-state index contributed by atoms with van der Waals surface area (Å²) in [6, 6.07) is -0.574. The summed E-state index contributed by atoms with van der Waals surface area (Å²) in [4.78, 5) is 40.3. The van der Waals surface area contributed by atoms with E-state index in [1.165, 1.54) is 17.8 Å². The number of likely N-dealkylation sites (N-methyl/N-ethyl adjacent to an activating group) is 1. The van der Waals surface area contributed by atoms with Crippen LogP contribution in [0.15, 0.2) is 17.2 Å². The Balaban J connectivity index is 2.20. The first-order valence-electron chi connectivity index (χ1n) is 6.17. The van der Waals surface area contributed by atoms with Gasteiger partial charge in [0.2, 0.25) is 5.91 Å². The van der Waals surface area contributed by atoms with Crippen molar-refractivity contribution in [2.45, 2.75) is 32.4 Å². The number of hydrogen-bond donors (Lipinski definition) is 1. The van der Waals surface area contributed by atoms with Gasteiger partial charge < -0.3 is 9.88 Å². The summed E-state index contributed by atoms with van der Waals surface area (Å²) in [5.74, 6) is -0.384. The number of nitrogens with zero attached hydrogens (tertiary/aromatic N) is 3. The van der Waals surface area contributed by atoms with Crippen molar-refractivity contribution in [1.82, 2.24) is 14.5 Å². The Morgan fingerprint density at radius 2 is 2.16 bits per heavy atom. The fourth-order valence-corrected chi connectivity index (χ4v) is 2.01. The average molecular weight is 264 g/mol. The summed E-state index contributed by atoms with van der Waals surface area (Å²) < 4.78 is 1.50. The van der Waals surface area contributed by atoms with Gasteiger partial charge in [0, 0.05) is 32.4 Å². The highest BCUT2D eigenvalue weighted by Crippen LogP contribution is 2.14. The third kappa shape index (κ3) is 2.49. The molecule has 1 aliphatic rings. The molecule has 1 aromatic heterocycles. The van der Waals surface area contributed by atoms with E-state index in [0.29, 0.717) is 13.0 Å². The first kappa shape index (κ1) is 13.3. The van der Waals surface area contributed by atoms with Gasteiger partial charge in [0.05, 0.1) is 0 Å². The van der Waals surface area contributed by atoms with E-state index in [-0.39, 0.29) is 29.6 Å². The van der Waals surface area contributed by atoms with Crippen molar-refractivity contribution in [3.8, 4) is 0 Å². The molecule has 1 fully saturated rings. The number of carbonyl (C=O) groups excluding carboxylic acids is 2. The third-order valence-electron chi connectivity index (χ3n) is 3.21. The minimum Gasteiger partial charge on any atom is -0.354 e. The molecule has 2 rings (SSSR count). The molecule has 0 radical (unpaired) electrons. The van der Waals surface area contributed by atoms with Crippen molar-refractivity contribution in [2.75, 3.05) is 12.4 Å². The van der Waals surface area contributed by atoms with Crippen LogP contribution in [0.5, 0.6) is 0 Å². The maximum atomic E-state index is 12.0. The molecule has 2 amide bonds. The van der Waals surface area contributed by atoms with Gasteiger partial charge in [0.1, 0.15) is 6.04 Å². The van der Waals surface area contributed by atoms with Gasteiger partial charge in [0.15, 0.2) is 5.82 Å². The van der Waals surface area contributed by atoms with Crippen LogP contribution in [-0.2, 0) is 16.1 Å². The van der Waals surface area contributed by atoms with Gasteiger partial charge in [-0.05, 0) is 13.3 Å². The highest BCUT2D eigenvalue weighted by Gasteiger charge is 2.32. The molecule has 19 heavy (non-hydrogen) atoms. The van der Waals surface area contributed by atoms with Gasteiger partial charge in [-0.25, -0.2) is 4.98 Å². The first-order chi connectivity index (χ1) is 9.04. The van der Waals surface area contributed by atoms with Crippen LogP contribution in [-0.4, -0.2) is 39.4 Å². The second kappa shape index (κ2) is 5.21. The van der Waals surface area contributed by atoms with E-state index in [2.05, 4.69) is 10.3 Å². The molecule has 2 heterocycles. The Bertz CT molecular complexity index is 566. The van der Waals surface area contributed by atoms with Crippen LogP contribution in [0.25, 0.3) is 0 Å². The van der Waals surface area contributed by atoms with Crippen LogP contribution in [0.2, 0.25) is 0 Å². The molecule has 1 N–H and O–H groups in total. The lowest BCUT2D eigenvalue weighted by Gasteiger charge is -2.28. The van der Waals surface area contributed by atoms with Crippen LogP contribution >= 0.6 is 0 Å². The maximum absolute atomic E-state index is 12.0. The Morgan fingerprint density at radius 3 is 2.84 bits per heavy atom. The number of aromatic nitrogens is 2. The number of piperidine rings is 1. The molecule has 0 spiro atoms. The maximum Gasteiger partial charge on any atom is 0.293 e. The molecule has 1 saturated heterocycles. The van der Waals surface area contributed by atoms with Gasteiger partial charge in [-0.2, -0.15) is 0 Å². The number of carbonyl (C=O) groups is 2. The van der Waals surface area contributed by atoms with E-state index in [1.807, 2.05) is 6.92 Å². The molecule has 102 valence electrons. The minimum atomic E-state index is -0.574. The second-order valence-electron chi connectivity index (χ2n) is 4.39. The summed E-state index contributed by atoms with van der Waals surface area (Å²) in [6.07, 6.45) is 3.76. The van der Waals surface area contributed by atoms with E-state index in [9.17, 15) is 14.4 Å². The van der Waals surface area contributed by atoms with E-state index in [1.54, 1.807) is 6.20 Å². The van der Waals surface area contributed by atoms with Gasteiger partial charge >= 0.3 is 0 Å². The zero-order valence-corrected chi connectivity index (χ0v) is 10.9. The Hall–Kier alpha value is -2.18. The summed E-state index contributed by atoms with van der Waals surface area (Å²) >= 11 is 0. The van der Waals surface area contributed by atoms with Crippen LogP contribution in [0, 0.1) is 0 Å². The lowest BCUT2D eigenvalue weighted by Crippen LogP contribution is -2.49. The molecular formula is C12H16N4O3. The average Bonchev–Trinajstić information content (AvgIpc) is 2.41. The number of amides is 2. The smallest absolute Gasteiger partial charge is 0.293 e. The Labute approximate surface area is 110 Å². The van der Waals surface area contributed by atoms with Crippen molar-refractivity contribution in [2.24, 2.45) is 0 Å². The van der Waals surface area contributed by atoms with E-state index < -0.39 is 6.04 Å². The van der Waals surface area contributed by atoms with Crippen molar-refractivity contribution in [3.63, 3.8) is 0 Å². The van der Waals surface area contributed by atoms with Crippen molar-refractivity contribution in [3.05, 3.63) is 22.7 Å². The molecule has 7 nitrogen and oxygen atoms in total. The molecule has 1 aliphatic heterocycles. The van der Waals surface area contributed by atoms with E-state index in [0.717, 1.165) is 4.90 Å². The number of rotatable bonds is 3. The van der Waals surface area contributed by atoms with Gasteiger partial charge in [0.25, 0.3) is 11.5 Å². The largest absolute Gasteiger partial charge is 0.354 e. The van der Waals surface area contributed by atoms with Crippen molar-refractivity contribution >= 4 is 17.6 Å². The normalized spacial score (nSPS) is 19.7. The predicted molar refractivity (Wildman–Crippen MR) is 68.6 cm³/mol. The van der Waals surface area contributed by atoms with Gasteiger partial charge in [-0.15, -0.1) is 0 Å². The molecule has 1 atom stereocenters. The van der Waals surface area contributed by atoms with E-state index >= 15 is 0 Å². The Kier molecular flexibility index (Phi) is 3.64. The van der Waals surface area contributed by atoms with Crippen molar-refractivity contribution < 1.29 is 9.59 Å². The van der Waals surface area contributed by atoms with Crippen LogP contribution < -0.4 is 10.9 Å². The molecule has 0 aliphatic carbocycles. The summed E-state index contributed by atoms with van der Waals surface area (Å²) in [7, 11) is 1.45. The number of likely N-dealkylation sites (tertiary alicyclic amines) is 1. The summed E-state index contributed by atoms with van der Waals surface area (Å²) in [5, 5.41) is 2.84. The highest BCUT2D eigenvalue weighted by molar-refractivity contribution is 6.01. The number of nitrogens with one attached hydrogen (secondary N) is 1. The molecule has 1 unspecified atom stereocenters. The number of anilines is 1. The SMILES string of the molecule is CCn1ccnc(NC2CCC(=O)N(C)C2=O)c1=O. The molecular weight excluding hydrogens is 248 g/mol. The number of imide groups is 1. The van der Waals surface area contributed by atoms with E-state index in [4.69, 9.17) is 0 Å². The van der Waals surface area contributed by atoms with Gasteiger partial charge in [-0.1, -0.05) is 0 Å². The van der Waals surface area contributed by atoms with Gasteiger partial charge in [-0.3, -0.25) is 19.3 Å². The standard InChI is InChI=1S/C12H16N4O3/c1-3-16-7-6-13-10(12(16)19)14-8-4-5-9(17)15(2)11(8)18/h6-8H,3-5H2,1-2H3,(H,13,14). The van der Waals surface area contributed by atoms with Crippen molar-refractivity contribution in [1.29, 1.82) is 0 Å². The fourth-order valence-electron chi connectivity index (χ4n) is 2.01. The fraction of sp³-hybridized carbons (Fsp3) is 0.500. The monoisotopic (exact) mass is 264 g/mol. The van der Waals surface area contributed by atoms with Crippen LogP contribution in [0.1, 0.15) is 19.8 Å². The molecule has 0 saturated carbocycles. The Morgan fingerprint density at radius 1 is 1.42 bits per heavy atom. The summed E-state index contributed by atoms with van der Waals surface area (Å²) in [6.45, 7) is 2.39. The second-order valence-corrected chi connectivity index (χ2v) is 4.39. The minimum absolute atomic E-state index is 0.144. The lowest BCUT2D eigenvalue weighted by molar-refractivity contribution is -0.146. The van der Waals surface area contributed by atoms with Crippen LogP contribution in [0.3, 0.4) is 0 Å². The molecule has 7 heteroatoms. The topological polar surface area (TPSA) is 84.3 Å². The first-order valence-corrected chi connectivity index (χ1v) is 6.17. The quantitative estimate of drug-likeness (QED) is 0.766. The highest BCUT2D eigenvalue weighted by atomic mass is 16.2. The molecule has 0 aromatic carbocycles. The number of aryl methyl sites for hydroxylation is 1. The van der Waals surface area contributed by atoms with Crippen LogP contribution in [0.4, 0.5) is 5.82 Å². The zero-order chi connectivity index (χ0) is 14.0. The summed E-state index contributed by atoms with van der Waals surface area (Å²) in [5.41, 5.74) is -0.266. The third-order valence-corrected chi connectivity index (χ3v) is 3.21. The molecule has 1 aromatic rings. The number of hydrogen-bond acceptors (Lipinski definition) is 5. The zero-order valence-electron chi connectivity index (χ0n) is 10.9. The lowest BCUT2D eigenvalue weighted by atomic mass is 10.0. The predicted octanol–water partition coefficient (Wildman–Crippen LogP) is -0.178.